The van der Waals surface area contributed by atoms with E-state index in [-0.39, 0.29) is 18.6 Å². The highest BCUT2D eigenvalue weighted by molar-refractivity contribution is 6.30. The van der Waals surface area contributed by atoms with Crippen LogP contribution in [-0.4, -0.2) is 51.4 Å². The van der Waals surface area contributed by atoms with Gasteiger partial charge in [-0.15, -0.1) is 10.2 Å². The molecule has 0 N–H and O–H groups in total. The Morgan fingerprint density at radius 1 is 1.10 bits per heavy atom. The number of rotatable bonds is 3. The minimum atomic E-state index is -0.0418. The van der Waals surface area contributed by atoms with Crippen LogP contribution in [0, 0.1) is 6.92 Å². The van der Waals surface area contributed by atoms with E-state index in [0.717, 1.165) is 43.4 Å². The monoisotopic (exact) mass is 424 g/mol. The molecule has 0 radical (unpaired) electrons. The predicted molar refractivity (Wildman–Crippen MR) is 114 cm³/mol. The SMILES string of the molecule is Cc1nnc(N2CCC(N3C(=O)COc4cccnc43)CC2)n1-c1ccc(Cl)cc1. The maximum atomic E-state index is 12.6. The molecule has 2 aliphatic rings. The fourth-order valence-electron chi connectivity index (χ4n) is 4.15. The highest BCUT2D eigenvalue weighted by Gasteiger charge is 2.35. The number of halogens is 1. The molecule has 1 saturated heterocycles. The summed E-state index contributed by atoms with van der Waals surface area (Å²) in [5.41, 5.74) is 0.973. The number of pyridine rings is 1. The van der Waals surface area contributed by atoms with Gasteiger partial charge in [-0.25, -0.2) is 4.98 Å². The summed E-state index contributed by atoms with van der Waals surface area (Å²) in [5.74, 6) is 2.86. The molecule has 2 aliphatic heterocycles. The zero-order valence-electron chi connectivity index (χ0n) is 16.5. The summed E-state index contributed by atoms with van der Waals surface area (Å²) >= 11 is 6.04. The van der Waals surface area contributed by atoms with Crippen LogP contribution in [0.1, 0.15) is 18.7 Å². The molecule has 154 valence electrons. The van der Waals surface area contributed by atoms with Gasteiger partial charge in [0.15, 0.2) is 18.2 Å². The Balaban J connectivity index is 1.36. The lowest BCUT2D eigenvalue weighted by molar-refractivity contribution is -0.122. The summed E-state index contributed by atoms with van der Waals surface area (Å²) in [4.78, 5) is 21.0. The van der Waals surface area contributed by atoms with E-state index in [2.05, 4.69) is 20.1 Å². The minimum absolute atomic E-state index is 0.0418. The predicted octanol–water partition coefficient (Wildman–Crippen LogP) is 3.02. The van der Waals surface area contributed by atoms with Crippen molar-refractivity contribution in [1.82, 2.24) is 19.7 Å². The van der Waals surface area contributed by atoms with E-state index in [9.17, 15) is 4.79 Å². The molecule has 1 amide bonds. The Bertz CT molecular complexity index is 1080. The molecule has 2 aromatic heterocycles. The number of benzene rings is 1. The number of piperidine rings is 1. The van der Waals surface area contributed by atoms with Crippen LogP contribution in [0.25, 0.3) is 5.69 Å². The Labute approximate surface area is 179 Å². The van der Waals surface area contributed by atoms with Crippen LogP contribution in [0.5, 0.6) is 5.75 Å². The highest BCUT2D eigenvalue weighted by Crippen LogP contribution is 2.34. The fourth-order valence-corrected chi connectivity index (χ4v) is 4.28. The van der Waals surface area contributed by atoms with Gasteiger partial charge in [-0.05, 0) is 56.2 Å². The smallest absolute Gasteiger partial charge is 0.266 e. The second-order valence-corrected chi connectivity index (χ2v) is 7.89. The zero-order valence-corrected chi connectivity index (χ0v) is 17.3. The van der Waals surface area contributed by atoms with Crippen molar-refractivity contribution in [2.75, 3.05) is 29.5 Å². The van der Waals surface area contributed by atoms with Crippen molar-refractivity contribution in [3.63, 3.8) is 0 Å². The second-order valence-electron chi connectivity index (χ2n) is 7.45. The third kappa shape index (κ3) is 3.27. The number of nitrogens with zero attached hydrogens (tertiary/aromatic N) is 6. The Kier molecular flexibility index (Phi) is 4.78. The Morgan fingerprint density at radius 3 is 2.63 bits per heavy atom. The molecular formula is C21H21ClN6O2. The summed E-state index contributed by atoms with van der Waals surface area (Å²) in [7, 11) is 0. The van der Waals surface area contributed by atoms with Gasteiger partial charge in [-0.1, -0.05) is 11.6 Å². The lowest BCUT2D eigenvalue weighted by Crippen LogP contribution is -2.51. The van der Waals surface area contributed by atoms with Crippen LogP contribution in [0.2, 0.25) is 5.02 Å². The number of carbonyl (C=O) groups excluding carboxylic acids is 1. The minimum Gasteiger partial charge on any atom is -0.480 e. The van der Waals surface area contributed by atoms with Crippen molar-refractivity contribution in [2.45, 2.75) is 25.8 Å². The molecule has 5 rings (SSSR count). The normalized spacial score (nSPS) is 17.1. The first-order chi connectivity index (χ1) is 14.6. The van der Waals surface area contributed by atoms with Gasteiger partial charge in [0.25, 0.3) is 5.91 Å². The first-order valence-corrected chi connectivity index (χ1v) is 10.3. The summed E-state index contributed by atoms with van der Waals surface area (Å²) in [6, 6.07) is 11.4. The molecule has 0 atom stereocenters. The molecule has 3 aromatic rings. The molecule has 1 aromatic carbocycles. The number of hydrogen-bond donors (Lipinski definition) is 0. The van der Waals surface area contributed by atoms with Crippen molar-refractivity contribution in [3.05, 3.63) is 53.4 Å². The zero-order chi connectivity index (χ0) is 20.7. The van der Waals surface area contributed by atoms with Crippen LogP contribution in [0.15, 0.2) is 42.6 Å². The third-order valence-corrected chi connectivity index (χ3v) is 5.86. The molecule has 0 saturated carbocycles. The van der Waals surface area contributed by atoms with Crippen LogP contribution in [-0.2, 0) is 4.79 Å². The Hall–Kier alpha value is -3.13. The molecule has 0 unspecified atom stereocenters. The molecule has 1 fully saturated rings. The lowest BCUT2D eigenvalue weighted by Gasteiger charge is -2.40. The second kappa shape index (κ2) is 7.60. The van der Waals surface area contributed by atoms with Gasteiger partial charge in [-0.2, -0.15) is 0 Å². The summed E-state index contributed by atoms with van der Waals surface area (Å²) in [5, 5.41) is 9.40. The standard InChI is InChI=1S/C21H21ClN6O2/c1-14-24-25-21(27(14)16-6-4-15(22)5-7-16)26-11-8-17(9-12-26)28-19(29)13-30-18-3-2-10-23-20(18)28/h2-7,10,17H,8-9,11-13H2,1H3. The average Bonchev–Trinajstić information content (AvgIpc) is 3.16. The van der Waals surface area contributed by atoms with Crippen LogP contribution >= 0.6 is 11.6 Å². The van der Waals surface area contributed by atoms with E-state index < -0.39 is 0 Å². The number of aryl methyl sites for hydroxylation is 1. The topological polar surface area (TPSA) is 76.4 Å². The van der Waals surface area contributed by atoms with Gasteiger partial charge in [0.2, 0.25) is 5.95 Å². The number of fused-ring (bicyclic) bond motifs is 1. The first-order valence-electron chi connectivity index (χ1n) is 9.94. The van der Waals surface area contributed by atoms with E-state index in [0.29, 0.717) is 16.6 Å². The van der Waals surface area contributed by atoms with Crippen LogP contribution < -0.4 is 14.5 Å². The van der Waals surface area contributed by atoms with Gasteiger partial charge >= 0.3 is 0 Å². The number of anilines is 2. The first kappa shape index (κ1) is 18.9. The quantitative estimate of drug-likeness (QED) is 0.643. The van der Waals surface area contributed by atoms with Gasteiger partial charge in [-0.3, -0.25) is 14.3 Å². The molecule has 0 aliphatic carbocycles. The maximum Gasteiger partial charge on any atom is 0.266 e. The van der Waals surface area contributed by atoms with Crippen LogP contribution in [0.3, 0.4) is 0 Å². The molecule has 4 heterocycles. The van der Waals surface area contributed by atoms with E-state index >= 15 is 0 Å². The Morgan fingerprint density at radius 2 is 1.87 bits per heavy atom. The van der Waals surface area contributed by atoms with Crippen molar-refractivity contribution in [2.24, 2.45) is 0 Å². The van der Waals surface area contributed by atoms with E-state index in [4.69, 9.17) is 16.3 Å². The van der Waals surface area contributed by atoms with Crippen molar-refractivity contribution in [3.8, 4) is 11.4 Å². The lowest BCUT2D eigenvalue weighted by atomic mass is 10.0. The van der Waals surface area contributed by atoms with Crippen LogP contribution in [0.4, 0.5) is 11.8 Å². The van der Waals surface area contributed by atoms with E-state index in [1.807, 2.05) is 52.8 Å². The van der Waals surface area contributed by atoms with Crippen molar-refractivity contribution in [1.29, 1.82) is 0 Å². The number of aromatic nitrogens is 4. The summed E-state index contributed by atoms with van der Waals surface area (Å²) in [6.07, 6.45) is 3.32. The fraction of sp³-hybridized carbons (Fsp3) is 0.333. The highest BCUT2D eigenvalue weighted by atomic mass is 35.5. The molecule has 9 heteroatoms. The molecular weight excluding hydrogens is 404 g/mol. The summed E-state index contributed by atoms with van der Waals surface area (Å²) in [6.45, 7) is 3.53. The van der Waals surface area contributed by atoms with Gasteiger partial charge in [0, 0.05) is 30.4 Å². The molecule has 0 spiro atoms. The number of amides is 1. The summed E-state index contributed by atoms with van der Waals surface area (Å²) < 4.78 is 7.56. The average molecular weight is 425 g/mol. The van der Waals surface area contributed by atoms with E-state index in [1.54, 1.807) is 6.20 Å². The molecule has 0 bridgehead atoms. The van der Waals surface area contributed by atoms with Crippen molar-refractivity contribution >= 4 is 29.3 Å². The largest absolute Gasteiger partial charge is 0.480 e. The number of hydrogen-bond acceptors (Lipinski definition) is 6. The number of carbonyl (C=O) groups is 1. The molecule has 8 nitrogen and oxygen atoms in total. The van der Waals surface area contributed by atoms with Crippen molar-refractivity contribution < 1.29 is 9.53 Å². The van der Waals surface area contributed by atoms with Gasteiger partial charge in [0.05, 0.1) is 5.69 Å². The number of ether oxygens (including phenoxy) is 1. The van der Waals surface area contributed by atoms with Gasteiger partial charge < -0.3 is 9.64 Å². The third-order valence-electron chi connectivity index (χ3n) is 5.60. The van der Waals surface area contributed by atoms with E-state index in [1.165, 1.54) is 0 Å². The maximum absolute atomic E-state index is 12.6. The van der Waals surface area contributed by atoms with Gasteiger partial charge in [0.1, 0.15) is 5.82 Å². The molecule has 30 heavy (non-hydrogen) atoms.